The molecule has 0 saturated carbocycles. The highest BCUT2D eigenvalue weighted by Crippen LogP contribution is 2.19. The molecule has 0 bridgehead atoms. The number of unbranched alkanes of at least 4 members (excludes halogenated alkanes) is 1. The zero-order chi connectivity index (χ0) is 10.9. The van der Waals surface area contributed by atoms with E-state index in [1.54, 1.807) is 13.4 Å². The Morgan fingerprint density at radius 3 is 3.00 bits per heavy atom. The lowest BCUT2D eigenvalue weighted by Gasteiger charge is -2.07. The van der Waals surface area contributed by atoms with Crippen molar-refractivity contribution in [3.8, 4) is 11.8 Å². The van der Waals surface area contributed by atoms with Crippen LogP contribution in [0.4, 0.5) is 0 Å². The molecule has 15 heavy (non-hydrogen) atoms. The van der Waals surface area contributed by atoms with Gasteiger partial charge in [-0.25, -0.2) is 0 Å². The molecule has 0 aliphatic heterocycles. The molecule has 0 fully saturated rings. The number of rotatable bonds is 5. The van der Waals surface area contributed by atoms with E-state index in [9.17, 15) is 0 Å². The minimum Gasteiger partial charge on any atom is -0.467 e. The summed E-state index contributed by atoms with van der Waals surface area (Å²) in [5.41, 5.74) is 0. The van der Waals surface area contributed by atoms with Crippen LogP contribution in [0.1, 0.15) is 31.1 Å². The van der Waals surface area contributed by atoms with Crippen LogP contribution in [0.5, 0.6) is 0 Å². The quantitative estimate of drug-likeness (QED) is 0.436. The second-order valence-electron chi connectivity index (χ2n) is 3.09. The van der Waals surface area contributed by atoms with Gasteiger partial charge in [-0.1, -0.05) is 0 Å². The Balaban J connectivity index is 2.37. The van der Waals surface area contributed by atoms with Gasteiger partial charge in [0, 0.05) is 25.8 Å². The van der Waals surface area contributed by atoms with E-state index in [1.807, 2.05) is 12.1 Å². The fourth-order valence-corrected chi connectivity index (χ4v) is 1.32. The number of alkyl halides is 1. The molecule has 0 aliphatic rings. The molecule has 1 heterocycles. The maximum Gasteiger partial charge on any atom is 0.133 e. The highest BCUT2D eigenvalue weighted by molar-refractivity contribution is 6.17. The fraction of sp³-hybridized carbons (Fsp3) is 0.500. The van der Waals surface area contributed by atoms with Crippen LogP contribution >= 0.6 is 11.6 Å². The first-order valence-corrected chi connectivity index (χ1v) is 5.49. The topological polar surface area (TPSA) is 22.4 Å². The first-order chi connectivity index (χ1) is 7.38. The average molecular weight is 227 g/mol. The highest BCUT2D eigenvalue weighted by Gasteiger charge is 2.10. The summed E-state index contributed by atoms with van der Waals surface area (Å²) in [5.74, 6) is 7.61. The summed E-state index contributed by atoms with van der Waals surface area (Å²) < 4.78 is 10.5. The number of furan rings is 1. The monoisotopic (exact) mass is 226 g/mol. The molecule has 0 radical (unpaired) electrons. The Bertz CT molecular complexity index is 308. The van der Waals surface area contributed by atoms with Gasteiger partial charge in [0.15, 0.2) is 0 Å². The summed E-state index contributed by atoms with van der Waals surface area (Å²) in [7, 11) is 1.66. The van der Waals surface area contributed by atoms with Gasteiger partial charge in [0.1, 0.15) is 11.9 Å². The van der Waals surface area contributed by atoms with Crippen LogP contribution in [-0.2, 0) is 4.74 Å². The molecule has 0 N–H and O–H groups in total. The molecule has 3 heteroatoms. The van der Waals surface area contributed by atoms with Crippen LogP contribution in [0.15, 0.2) is 22.8 Å². The van der Waals surface area contributed by atoms with Crippen LogP contribution in [0.2, 0.25) is 0 Å². The number of hydrogen-bond donors (Lipinski definition) is 0. The summed E-state index contributed by atoms with van der Waals surface area (Å²) in [6.45, 7) is 0. The first-order valence-electron chi connectivity index (χ1n) is 4.96. The summed E-state index contributed by atoms with van der Waals surface area (Å²) in [4.78, 5) is 0. The van der Waals surface area contributed by atoms with Crippen LogP contribution < -0.4 is 0 Å². The lowest BCUT2D eigenvalue weighted by molar-refractivity contribution is 0.0881. The predicted molar refractivity (Wildman–Crippen MR) is 60.8 cm³/mol. The zero-order valence-electron chi connectivity index (χ0n) is 8.83. The third kappa shape index (κ3) is 4.42. The van der Waals surface area contributed by atoms with Crippen molar-refractivity contribution in [2.45, 2.75) is 25.4 Å². The summed E-state index contributed by atoms with van der Waals surface area (Å²) in [6.07, 6.45) is 4.02. The van der Waals surface area contributed by atoms with Gasteiger partial charge in [-0.3, -0.25) is 0 Å². The minimum absolute atomic E-state index is 0.0662. The highest BCUT2D eigenvalue weighted by atomic mass is 35.5. The van der Waals surface area contributed by atoms with Crippen molar-refractivity contribution in [1.82, 2.24) is 0 Å². The molecule has 1 unspecified atom stereocenters. The van der Waals surface area contributed by atoms with Crippen molar-refractivity contribution in [2.75, 3.05) is 13.0 Å². The van der Waals surface area contributed by atoms with Crippen LogP contribution in [0, 0.1) is 11.8 Å². The van der Waals surface area contributed by atoms with Crippen LogP contribution in [0.3, 0.4) is 0 Å². The number of halogens is 1. The average Bonchev–Trinajstić information content (AvgIpc) is 2.77. The maximum atomic E-state index is 5.54. The van der Waals surface area contributed by atoms with Gasteiger partial charge in [-0.15, -0.1) is 23.4 Å². The molecule has 0 amide bonds. The van der Waals surface area contributed by atoms with Gasteiger partial charge < -0.3 is 9.15 Å². The second kappa shape index (κ2) is 7.39. The van der Waals surface area contributed by atoms with Gasteiger partial charge in [0.05, 0.1) is 6.26 Å². The molecule has 0 aromatic carbocycles. The SMILES string of the molecule is COC(CC#CCCCCl)c1ccco1. The zero-order valence-corrected chi connectivity index (χ0v) is 9.59. The molecule has 0 saturated heterocycles. The normalized spacial score (nSPS) is 11.9. The Morgan fingerprint density at radius 2 is 2.40 bits per heavy atom. The van der Waals surface area contributed by atoms with Gasteiger partial charge in [0.2, 0.25) is 0 Å². The number of ether oxygens (including phenoxy) is 1. The molecule has 0 spiro atoms. The Labute approximate surface area is 95.6 Å². The maximum absolute atomic E-state index is 5.54. The van der Waals surface area contributed by atoms with Gasteiger partial charge in [0.25, 0.3) is 0 Å². The molecule has 1 atom stereocenters. The van der Waals surface area contributed by atoms with Crippen LogP contribution in [-0.4, -0.2) is 13.0 Å². The molecule has 82 valence electrons. The van der Waals surface area contributed by atoms with E-state index in [2.05, 4.69) is 11.8 Å². The lowest BCUT2D eigenvalue weighted by atomic mass is 10.2. The predicted octanol–water partition coefficient (Wildman–Crippen LogP) is 3.38. The molecule has 1 rings (SSSR count). The number of hydrogen-bond acceptors (Lipinski definition) is 2. The van der Waals surface area contributed by atoms with E-state index in [-0.39, 0.29) is 6.10 Å². The van der Waals surface area contributed by atoms with Crippen molar-refractivity contribution in [3.63, 3.8) is 0 Å². The second-order valence-corrected chi connectivity index (χ2v) is 3.47. The summed E-state index contributed by atoms with van der Waals surface area (Å²) >= 11 is 5.54. The summed E-state index contributed by atoms with van der Waals surface area (Å²) in [6, 6.07) is 3.75. The molecule has 2 nitrogen and oxygen atoms in total. The van der Waals surface area contributed by atoms with E-state index < -0.39 is 0 Å². The van der Waals surface area contributed by atoms with Crippen LogP contribution in [0.25, 0.3) is 0 Å². The summed E-state index contributed by atoms with van der Waals surface area (Å²) in [5, 5.41) is 0. The smallest absolute Gasteiger partial charge is 0.133 e. The third-order valence-corrected chi connectivity index (χ3v) is 2.26. The fourth-order valence-electron chi connectivity index (χ4n) is 1.18. The van der Waals surface area contributed by atoms with E-state index in [1.165, 1.54) is 0 Å². The standard InChI is InChI=1S/C12H15ClO2/c1-14-11(12-8-6-10-15-12)7-4-2-3-5-9-13/h6,8,10-11H,3,5,7,9H2,1H3. The largest absolute Gasteiger partial charge is 0.467 e. The Kier molecular flexibility index (Phi) is 5.99. The third-order valence-electron chi connectivity index (χ3n) is 1.99. The van der Waals surface area contributed by atoms with E-state index in [0.29, 0.717) is 12.3 Å². The van der Waals surface area contributed by atoms with Crippen molar-refractivity contribution in [3.05, 3.63) is 24.2 Å². The van der Waals surface area contributed by atoms with Gasteiger partial charge in [-0.05, 0) is 18.6 Å². The Hall–Kier alpha value is -0.910. The van der Waals surface area contributed by atoms with Gasteiger partial charge in [-0.2, -0.15) is 0 Å². The van der Waals surface area contributed by atoms with E-state index in [0.717, 1.165) is 18.6 Å². The van der Waals surface area contributed by atoms with Crippen molar-refractivity contribution >= 4 is 11.6 Å². The molecular weight excluding hydrogens is 212 g/mol. The van der Waals surface area contributed by atoms with E-state index >= 15 is 0 Å². The van der Waals surface area contributed by atoms with Gasteiger partial charge >= 0.3 is 0 Å². The number of methoxy groups -OCH3 is 1. The molecule has 1 aromatic heterocycles. The first kappa shape index (κ1) is 12.2. The lowest BCUT2D eigenvalue weighted by Crippen LogP contribution is -1.98. The van der Waals surface area contributed by atoms with E-state index in [4.69, 9.17) is 20.8 Å². The minimum atomic E-state index is -0.0662. The van der Waals surface area contributed by atoms with Crippen molar-refractivity contribution in [1.29, 1.82) is 0 Å². The molecule has 0 aliphatic carbocycles. The van der Waals surface area contributed by atoms with Crippen molar-refractivity contribution in [2.24, 2.45) is 0 Å². The Morgan fingerprint density at radius 1 is 1.53 bits per heavy atom. The molecular formula is C12H15ClO2. The molecule has 1 aromatic rings. The van der Waals surface area contributed by atoms with Crippen molar-refractivity contribution < 1.29 is 9.15 Å².